The Bertz CT molecular complexity index is 1150. The second kappa shape index (κ2) is 12.6. The maximum Gasteiger partial charge on any atom is 0.339 e. The van der Waals surface area contributed by atoms with Crippen LogP contribution < -0.4 is 0 Å². The summed E-state index contributed by atoms with van der Waals surface area (Å²) in [5, 5.41) is 10.8. The smallest absolute Gasteiger partial charge is 0.339 e. The first-order chi connectivity index (χ1) is 16.9. The highest BCUT2D eigenvalue weighted by molar-refractivity contribution is 9.18. The Morgan fingerprint density at radius 2 is 1.06 bits per heavy atom. The molecule has 0 unspecified atom stereocenters. The van der Waals surface area contributed by atoms with Crippen LogP contribution in [0.15, 0.2) is 91.0 Å². The van der Waals surface area contributed by atoms with Crippen LogP contribution in [0.3, 0.4) is 0 Å². The monoisotopic (exact) mass is 540 g/mol. The van der Waals surface area contributed by atoms with Crippen LogP contribution >= 0.6 is 15.9 Å². The number of halogens is 1. The summed E-state index contributed by atoms with van der Waals surface area (Å²) < 4.78 is 15.0. The lowest BCUT2D eigenvalue weighted by Crippen LogP contribution is -2.48. The predicted octanol–water partition coefficient (Wildman–Crippen LogP) is 3.58. The second-order valence-corrected chi connectivity index (χ2v) is 8.05. The molecule has 0 fully saturated rings. The van der Waals surface area contributed by atoms with E-state index in [1.165, 1.54) is 36.4 Å². The molecule has 0 amide bonds. The lowest BCUT2D eigenvalue weighted by molar-refractivity contribution is -0.133. The molecule has 35 heavy (non-hydrogen) atoms. The van der Waals surface area contributed by atoms with Gasteiger partial charge in [0.25, 0.3) is 0 Å². The van der Waals surface area contributed by atoms with Crippen LogP contribution in [0.5, 0.6) is 0 Å². The molecule has 0 aliphatic heterocycles. The fraction of sp³-hybridized carbons (Fsp3) is 0.154. The standard InChI is InChI=1S/C26H21BrO8/c27-23(29)22(35-26(32)19-14-8-3-9-15-19)21(34-25(31)18-12-6-2-7-13-18)20(28)16-33-24(30)17-10-4-1-5-11-17/h1-15,20-22,28H,16H2/t20-,21-,22-/m1/s1. The van der Waals surface area contributed by atoms with Crippen molar-refractivity contribution in [1.29, 1.82) is 0 Å². The molecule has 9 heteroatoms. The van der Waals surface area contributed by atoms with Gasteiger partial charge in [0.2, 0.25) is 10.8 Å². The molecule has 0 saturated carbocycles. The minimum Gasteiger partial charge on any atom is -0.459 e. The van der Waals surface area contributed by atoms with Crippen LogP contribution in [0.4, 0.5) is 0 Å². The Hall–Kier alpha value is -3.82. The van der Waals surface area contributed by atoms with Gasteiger partial charge < -0.3 is 19.3 Å². The molecular formula is C26H21BrO8. The van der Waals surface area contributed by atoms with Gasteiger partial charge in [-0.25, -0.2) is 14.4 Å². The Kier molecular flexibility index (Phi) is 9.28. The minimum absolute atomic E-state index is 0.140. The number of esters is 3. The number of carbonyl (C=O) groups is 4. The van der Waals surface area contributed by atoms with Gasteiger partial charge in [0.15, 0.2) is 6.10 Å². The van der Waals surface area contributed by atoms with E-state index in [1.54, 1.807) is 54.6 Å². The lowest BCUT2D eigenvalue weighted by atomic mass is 10.1. The van der Waals surface area contributed by atoms with Crippen LogP contribution in [0.2, 0.25) is 0 Å². The van der Waals surface area contributed by atoms with E-state index in [9.17, 15) is 24.3 Å². The predicted molar refractivity (Wildman–Crippen MR) is 128 cm³/mol. The van der Waals surface area contributed by atoms with Gasteiger partial charge in [-0.15, -0.1) is 0 Å². The SMILES string of the molecule is O=C(OC[C@@H](O)[C@@H](OC(=O)c1ccccc1)[C@@H](OC(=O)c1ccccc1)C(=O)Br)c1ccccc1. The number of carbonyl (C=O) groups excluding carboxylic acids is 4. The topological polar surface area (TPSA) is 116 Å². The van der Waals surface area contributed by atoms with Gasteiger partial charge in [-0.3, -0.25) is 4.79 Å². The molecule has 0 bridgehead atoms. The fourth-order valence-corrected chi connectivity index (χ4v) is 3.38. The van der Waals surface area contributed by atoms with Crippen molar-refractivity contribution < 1.29 is 38.5 Å². The van der Waals surface area contributed by atoms with Crippen LogP contribution in [0, 0.1) is 0 Å². The van der Waals surface area contributed by atoms with Gasteiger partial charge in [0.1, 0.15) is 12.7 Å². The third kappa shape index (κ3) is 7.33. The largest absolute Gasteiger partial charge is 0.459 e. The van der Waals surface area contributed by atoms with Gasteiger partial charge in [0.05, 0.1) is 16.7 Å². The average Bonchev–Trinajstić information content (AvgIpc) is 2.90. The van der Waals surface area contributed by atoms with Gasteiger partial charge in [-0.1, -0.05) is 54.6 Å². The van der Waals surface area contributed by atoms with Crippen molar-refractivity contribution in [3.8, 4) is 0 Å². The number of hydrogen-bond acceptors (Lipinski definition) is 8. The molecule has 0 aliphatic carbocycles. The van der Waals surface area contributed by atoms with Crippen molar-refractivity contribution in [2.45, 2.75) is 18.3 Å². The van der Waals surface area contributed by atoms with Crippen molar-refractivity contribution in [3.05, 3.63) is 108 Å². The highest BCUT2D eigenvalue weighted by atomic mass is 79.9. The average molecular weight is 541 g/mol. The van der Waals surface area contributed by atoms with E-state index in [0.29, 0.717) is 0 Å². The normalized spacial score (nSPS) is 13.1. The number of rotatable bonds is 10. The van der Waals surface area contributed by atoms with Crippen molar-refractivity contribution in [1.82, 2.24) is 0 Å². The zero-order valence-corrected chi connectivity index (χ0v) is 19.9. The Labute approximate surface area is 209 Å². The summed E-state index contributed by atoms with van der Waals surface area (Å²) in [6, 6.07) is 23.7. The Morgan fingerprint density at radius 3 is 1.49 bits per heavy atom. The summed E-state index contributed by atoms with van der Waals surface area (Å²) in [6.45, 7) is -0.639. The number of ether oxygens (including phenoxy) is 3. The molecule has 3 aromatic carbocycles. The number of benzene rings is 3. The zero-order valence-electron chi connectivity index (χ0n) is 18.3. The summed E-state index contributed by atoms with van der Waals surface area (Å²) in [7, 11) is 0. The molecule has 180 valence electrons. The second-order valence-electron chi connectivity index (χ2n) is 7.26. The first-order valence-corrected chi connectivity index (χ1v) is 11.3. The van der Waals surface area contributed by atoms with E-state index in [1.807, 2.05) is 0 Å². The summed E-state index contributed by atoms with van der Waals surface area (Å²) in [6.07, 6.45) is -5.13. The van der Waals surface area contributed by atoms with E-state index in [0.717, 1.165) is 0 Å². The molecular weight excluding hydrogens is 520 g/mol. The number of hydrogen-bond donors (Lipinski definition) is 1. The van der Waals surface area contributed by atoms with Crippen LogP contribution in [-0.4, -0.2) is 52.6 Å². The van der Waals surface area contributed by atoms with E-state index < -0.39 is 47.5 Å². The van der Waals surface area contributed by atoms with Crippen LogP contribution in [-0.2, 0) is 19.0 Å². The van der Waals surface area contributed by atoms with E-state index in [-0.39, 0.29) is 16.7 Å². The van der Waals surface area contributed by atoms with E-state index in [4.69, 9.17) is 14.2 Å². The van der Waals surface area contributed by atoms with Crippen molar-refractivity contribution in [3.63, 3.8) is 0 Å². The maximum absolute atomic E-state index is 12.7. The quantitative estimate of drug-likeness (QED) is 0.235. The first kappa shape index (κ1) is 25.8. The Balaban J connectivity index is 1.81. The van der Waals surface area contributed by atoms with Crippen LogP contribution in [0.1, 0.15) is 31.1 Å². The van der Waals surface area contributed by atoms with Gasteiger partial charge in [-0.05, 0) is 52.3 Å². The maximum atomic E-state index is 12.7. The van der Waals surface area contributed by atoms with Gasteiger partial charge in [-0.2, -0.15) is 0 Å². The number of aliphatic hydroxyl groups excluding tert-OH is 1. The molecule has 0 heterocycles. The summed E-state index contributed by atoms with van der Waals surface area (Å²) in [5.74, 6) is -2.49. The third-order valence-electron chi connectivity index (χ3n) is 4.79. The van der Waals surface area contributed by atoms with E-state index in [2.05, 4.69) is 15.9 Å². The van der Waals surface area contributed by atoms with Gasteiger partial charge >= 0.3 is 17.9 Å². The number of aliphatic hydroxyl groups is 1. The van der Waals surface area contributed by atoms with Gasteiger partial charge in [0, 0.05) is 0 Å². The van der Waals surface area contributed by atoms with Crippen molar-refractivity contribution >= 4 is 38.5 Å². The minimum atomic E-state index is -1.74. The summed E-state index contributed by atoms with van der Waals surface area (Å²) in [5.41, 5.74) is 0.520. The summed E-state index contributed by atoms with van der Waals surface area (Å²) >= 11 is 2.75. The zero-order chi connectivity index (χ0) is 25.2. The molecule has 1 N–H and O–H groups in total. The molecule has 0 spiro atoms. The highest BCUT2D eigenvalue weighted by Gasteiger charge is 2.40. The fourth-order valence-electron chi connectivity index (χ4n) is 3.02. The van der Waals surface area contributed by atoms with Crippen molar-refractivity contribution in [2.24, 2.45) is 0 Å². The molecule has 0 aliphatic rings. The molecule has 3 aromatic rings. The first-order valence-electron chi connectivity index (χ1n) is 10.5. The highest BCUT2D eigenvalue weighted by Crippen LogP contribution is 2.19. The molecule has 3 atom stereocenters. The van der Waals surface area contributed by atoms with E-state index >= 15 is 0 Å². The Morgan fingerprint density at radius 1 is 0.657 bits per heavy atom. The lowest BCUT2D eigenvalue weighted by Gasteiger charge is -2.28. The molecule has 0 saturated heterocycles. The molecule has 0 radical (unpaired) electrons. The summed E-state index contributed by atoms with van der Waals surface area (Å²) in [4.78, 5) is 49.9. The third-order valence-corrected chi connectivity index (χ3v) is 5.24. The molecule has 0 aromatic heterocycles. The van der Waals surface area contributed by atoms with Crippen LogP contribution in [0.25, 0.3) is 0 Å². The molecule has 8 nitrogen and oxygen atoms in total. The van der Waals surface area contributed by atoms with Crippen molar-refractivity contribution in [2.75, 3.05) is 6.61 Å². The molecule has 3 rings (SSSR count).